The number of carbonyl (C=O) groups is 2. The number of nitrogens with one attached hydrogen (secondary N) is 2. The van der Waals surface area contributed by atoms with Gasteiger partial charge in [-0.15, -0.1) is 0 Å². The molecule has 2 aromatic rings. The number of anilines is 1. The number of nitrogens with zero attached hydrogens (tertiary/aromatic N) is 2. The maximum absolute atomic E-state index is 12.8. The Morgan fingerprint density at radius 1 is 1.28 bits per heavy atom. The fraction of sp³-hybridized carbons (Fsp3) is 0.526. The van der Waals surface area contributed by atoms with Crippen molar-refractivity contribution >= 4 is 28.5 Å². The van der Waals surface area contributed by atoms with Gasteiger partial charge in [0.25, 0.3) is 0 Å². The monoisotopic (exact) mass is 340 g/mol. The average molecular weight is 340 g/mol. The maximum Gasteiger partial charge on any atom is 0.313 e. The van der Waals surface area contributed by atoms with Crippen LogP contribution >= 0.6 is 0 Å². The molecule has 2 atom stereocenters. The van der Waals surface area contributed by atoms with E-state index in [1.54, 1.807) is 23.4 Å². The summed E-state index contributed by atoms with van der Waals surface area (Å²) in [6.45, 7) is 7.42. The number of carbonyl (C=O) groups excluding carboxylic acids is 2. The molecule has 25 heavy (non-hydrogen) atoms. The summed E-state index contributed by atoms with van der Waals surface area (Å²) in [5.41, 5.74) is 2.60. The summed E-state index contributed by atoms with van der Waals surface area (Å²) in [6, 6.07) is 5.54. The molecule has 1 aromatic carbocycles. The molecule has 1 saturated carbocycles. The second-order valence-corrected chi connectivity index (χ2v) is 8.74. The van der Waals surface area contributed by atoms with E-state index >= 15 is 0 Å². The molecule has 0 spiro atoms. The number of amides is 2. The normalized spacial score (nSPS) is 27.5. The van der Waals surface area contributed by atoms with E-state index in [1.165, 1.54) is 0 Å². The molecule has 2 unspecified atom stereocenters. The third-order valence-electron chi connectivity index (χ3n) is 5.55. The van der Waals surface area contributed by atoms with E-state index in [-0.39, 0.29) is 16.9 Å². The molecule has 6 heteroatoms. The molecule has 2 fully saturated rings. The Kier molecular flexibility index (Phi) is 3.42. The Hall–Kier alpha value is -2.37. The van der Waals surface area contributed by atoms with Crippen molar-refractivity contribution in [1.29, 1.82) is 0 Å². The first-order valence-electron chi connectivity index (χ1n) is 8.80. The summed E-state index contributed by atoms with van der Waals surface area (Å²) in [5.74, 6) is -0.982. The minimum Gasteiger partial charge on any atom is -0.345 e. The number of likely N-dealkylation sites (tertiary alicyclic amines) is 1. The van der Waals surface area contributed by atoms with E-state index in [0.29, 0.717) is 12.2 Å². The van der Waals surface area contributed by atoms with Gasteiger partial charge in [0.15, 0.2) is 0 Å². The lowest BCUT2D eigenvalue weighted by Crippen LogP contribution is -2.43. The van der Waals surface area contributed by atoms with Gasteiger partial charge >= 0.3 is 11.8 Å². The lowest BCUT2D eigenvalue weighted by Gasteiger charge is -2.39. The number of hydrogen-bond donors (Lipinski definition) is 2. The highest BCUT2D eigenvalue weighted by molar-refractivity contribution is 6.39. The van der Waals surface area contributed by atoms with Crippen molar-refractivity contribution in [3.63, 3.8) is 0 Å². The second-order valence-electron chi connectivity index (χ2n) is 8.74. The third-order valence-corrected chi connectivity index (χ3v) is 5.55. The number of fused-ring (bicyclic) bond motifs is 3. The van der Waals surface area contributed by atoms with Gasteiger partial charge in [-0.25, -0.2) is 4.98 Å². The Morgan fingerprint density at radius 3 is 2.88 bits per heavy atom. The third kappa shape index (κ3) is 2.90. The van der Waals surface area contributed by atoms with Gasteiger partial charge in [0, 0.05) is 18.3 Å². The van der Waals surface area contributed by atoms with Gasteiger partial charge in [-0.05, 0) is 48.3 Å². The molecule has 6 nitrogen and oxygen atoms in total. The highest BCUT2D eigenvalue weighted by Crippen LogP contribution is 2.52. The molecule has 1 aliphatic heterocycles. The number of aromatic nitrogens is 2. The summed E-state index contributed by atoms with van der Waals surface area (Å²) in [5, 5.41) is 2.74. The quantitative estimate of drug-likeness (QED) is 0.784. The summed E-state index contributed by atoms with van der Waals surface area (Å²) in [6.07, 6.45) is 4.66. The van der Waals surface area contributed by atoms with Crippen LogP contribution in [0.2, 0.25) is 0 Å². The van der Waals surface area contributed by atoms with E-state index in [9.17, 15) is 9.59 Å². The van der Waals surface area contributed by atoms with E-state index in [2.05, 4.69) is 36.1 Å². The molecule has 1 aliphatic carbocycles. The van der Waals surface area contributed by atoms with Crippen molar-refractivity contribution in [2.45, 2.75) is 46.1 Å². The van der Waals surface area contributed by atoms with Crippen LogP contribution in [0, 0.1) is 10.8 Å². The van der Waals surface area contributed by atoms with Crippen LogP contribution in [-0.2, 0) is 9.59 Å². The van der Waals surface area contributed by atoms with Crippen LogP contribution in [0.4, 0.5) is 5.69 Å². The van der Waals surface area contributed by atoms with Crippen molar-refractivity contribution < 1.29 is 9.59 Å². The summed E-state index contributed by atoms with van der Waals surface area (Å²) >= 11 is 0. The van der Waals surface area contributed by atoms with Gasteiger partial charge in [0.05, 0.1) is 17.4 Å². The first kappa shape index (κ1) is 16.1. The van der Waals surface area contributed by atoms with Crippen LogP contribution < -0.4 is 5.32 Å². The van der Waals surface area contributed by atoms with Gasteiger partial charge in [-0.1, -0.05) is 20.8 Å². The van der Waals surface area contributed by atoms with Crippen LogP contribution in [-0.4, -0.2) is 39.3 Å². The minimum atomic E-state index is -0.562. The van der Waals surface area contributed by atoms with E-state index in [4.69, 9.17) is 0 Å². The molecule has 2 bridgehead atoms. The van der Waals surface area contributed by atoms with Crippen LogP contribution in [0.15, 0.2) is 24.5 Å². The number of benzene rings is 1. The molecular weight excluding hydrogens is 316 g/mol. The van der Waals surface area contributed by atoms with Crippen LogP contribution in [0.5, 0.6) is 0 Å². The fourth-order valence-electron chi connectivity index (χ4n) is 5.03. The molecule has 2 aliphatic rings. The molecule has 4 rings (SSSR count). The number of imidazole rings is 1. The smallest absolute Gasteiger partial charge is 0.313 e. The van der Waals surface area contributed by atoms with Crippen LogP contribution in [0.3, 0.4) is 0 Å². The topological polar surface area (TPSA) is 78.1 Å². The molecular formula is C19H24N4O2. The molecule has 0 radical (unpaired) electrons. The Bertz CT molecular complexity index is 856. The number of H-pyrrole nitrogens is 1. The largest absolute Gasteiger partial charge is 0.345 e. The zero-order valence-electron chi connectivity index (χ0n) is 14.9. The fourth-order valence-corrected chi connectivity index (χ4v) is 5.03. The summed E-state index contributed by atoms with van der Waals surface area (Å²) < 4.78 is 0. The van der Waals surface area contributed by atoms with Gasteiger partial charge in [0.2, 0.25) is 0 Å². The van der Waals surface area contributed by atoms with Gasteiger partial charge in [-0.2, -0.15) is 0 Å². The van der Waals surface area contributed by atoms with Crippen molar-refractivity contribution in [2.24, 2.45) is 10.8 Å². The predicted molar refractivity (Wildman–Crippen MR) is 96.0 cm³/mol. The van der Waals surface area contributed by atoms with E-state index in [0.717, 1.165) is 30.3 Å². The summed E-state index contributed by atoms with van der Waals surface area (Å²) in [4.78, 5) is 34.2. The SMILES string of the molecule is CC1(C)CC2CC(C)(CN2C(=O)C(=O)Nc2ccc3nc[nH]c3c2)C1. The Balaban J connectivity index is 1.50. The van der Waals surface area contributed by atoms with Crippen molar-refractivity contribution in [3.05, 3.63) is 24.5 Å². The zero-order valence-corrected chi connectivity index (χ0v) is 14.9. The molecule has 1 saturated heterocycles. The van der Waals surface area contributed by atoms with Crippen molar-refractivity contribution in [1.82, 2.24) is 14.9 Å². The summed E-state index contributed by atoms with van der Waals surface area (Å²) in [7, 11) is 0. The van der Waals surface area contributed by atoms with Gasteiger partial charge < -0.3 is 15.2 Å². The van der Waals surface area contributed by atoms with Gasteiger partial charge in [0.1, 0.15) is 0 Å². The molecule has 2 heterocycles. The standard InChI is InChI=1S/C19H24N4O2/c1-18(2)7-13-8-19(3,9-18)10-23(13)17(25)16(24)22-12-4-5-14-15(6-12)21-11-20-14/h4-6,11,13H,7-10H2,1-3H3,(H,20,21)(H,22,24). The number of hydrogen-bond acceptors (Lipinski definition) is 3. The van der Waals surface area contributed by atoms with Crippen molar-refractivity contribution in [3.8, 4) is 0 Å². The van der Waals surface area contributed by atoms with Crippen molar-refractivity contribution in [2.75, 3.05) is 11.9 Å². The predicted octanol–water partition coefficient (Wildman–Crippen LogP) is 2.93. The van der Waals surface area contributed by atoms with E-state index < -0.39 is 11.8 Å². The van der Waals surface area contributed by atoms with Gasteiger partial charge in [-0.3, -0.25) is 9.59 Å². The lowest BCUT2D eigenvalue weighted by atomic mass is 9.65. The zero-order chi connectivity index (χ0) is 17.8. The molecule has 1 aromatic heterocycles. The number of aromatic amines is 1. The highest BCUT2D eigenvalue weighted by Gasteiger charge is 2.51. The maximum atomic E-state index is 12.8. The highest BCUT2D eigenvalue weighted by atomic mass is 16.2. The van der Waals surface area contributed by atoms with Crippen LogP contribution in [0.1, 0.15) is 40.0 Å². The molecule has 132 valence electrons. The lowest BCUT2D eigenvalue weighted by molar-refractivity contribution is -0.144. The molecule has 2 N–H and O–H groups in total. The van der Waals surface area contributed by atoms with Crippen LogP contribution in [0.25, 0.3) is 11.0 Å². The Labute approximate surface area is 147 Å². The average Bonchev–Trinajstić information content (AvgIpc) is 3.06. The second kappa shape index (κ2) is 5.31. The Morgan fingerprint density at radius 2 is 2.08 bits per heavy atom. The van der Waals surface area contributed by atoms with E-state index in [1.807, 2.05) is 6.07 Å². The molecule has 2 amide bonds. The first-order chi connectivity index (χ1) is 11.7. The minimum absolute atomic E-state index is 0.122. The first-order valence-corrected chi connectivity index (χ1v) is 8.80. The number of rotatable bonds is 1.